The fourth-order valence-electron chi connectivity index (χ4n) is 3.54. The number of benzodiazepines with no additional fused rings is 1. The molecule has 1 heterocycles. The fourth-order valence-corrected chi connectivity index (χ4v) is 3.90. The minimum Gasteiger partial charge on any atom is -0.324 e. The zero-order valence-electron chi connectivity index (χ0n) is 17.3. The number of hydrogen-bond donors (Lipinski definition) is 1. The Labute approximate surface area is 198 Å². The highest BCUT2D eigenvalue weighted by Crippen LogP contribution is 2.31. The maximum absolute atomic E-state index is 14.6. The second-order valence-electron chi connectivity index (χ2n) is 7.40. The molecule has 9 heteroatoms. The summed E-state index contributed by atoms with van der Waals surface area (Å²) in [5.41, 5.74) is 1.54. The predicted octanol–water partition coefficient (Wildman–Crippen LogP) is 5.48. The molecule has 0 spiro atoms. The Morgan fingerprint density at radius 3 is 2.52 bits per heavy atom. The number of nitrogens with zero attached hydrogens (tertiary/aromatic N) is 2. The number of nitrogens with one attached hydrogen (secondary N) is 1. The Balaban J connectivity index is 1.72. The van der Waals surface area contributed by atoms with E-state index >= 15 is 0 Å². The Morgan fingerprint density at radius 2 is 1.79 bits per heavy atom. The van der Waals surface area contributed by atoms with Crippen molar-refractivity contribution in [2.75, 3.05) is 16.8 Å². The van der Waals surface area contributed by atoms with Gasteiger partial charge in [0.05, 0.1) is 16.4 Å². The Bertz CT molecular complexity index is 1300. The first-order chi connectivity index (χ1) is 15.7. The first-order valence-corrected chi connectivity index (χ1v) is 10.7. The van der Waals surface area contributed by atoms with Gasteiger partial charge in [0.15, 0.2) is 0 Å². The average molecular weight is 488 g/mol. The van der Waals surface area contributed by atoms with Gasteiger partial charge in [0.1, 0.15) is 24.2 Å². The summed E-state index contributed by atoms with van der Waals surface area (Å²) in [5.74, 6) is -2.10. The van der Waals surface area contributed by atoms with E-state index in [9.17, 15) is 18.4 Å². The van der Waals surface area contributed by atoms with Crippen molar-refractivity contribution < 1.29 is 18.4 Å². The number of anilines is 2. The number of benzene rings is 3. The molecule has 4 rings (SSSR count). The van der Waals surface area contributed by atoms with Crippen molar-refractivity contribution in [2.24, 2.45) is 4.99 Å². The van der Waals surface area contributed by atoms with Crippen molar-refractivity contribution >= 4 is 52.1 Å². The summed E-state index contributed by atoms with van der Waals surface area (Å²) in [7, 11) is 0. The second kappa shape index (κ2) is 9.29. The lowest BCUT2D eigenvalue weighted by Crippen LogP contribution is -2.42. The lowest BCUT2D eigenvalue weighted by molar-refractivity contribution is -0.122. The van der Waals surface area contributed by atoms with Crippen molar-refractivity contribution in [1.29, 1.82) is 0 Å². The Hall–Kier alpha value is -3.29. The van der Waals surface area contributed by atoms with Crippen LogP contribution in [0.15, 0.2) is 65.7 Å². The van der Waals surface area contributed by atoms with Crippen LogP contribution in [-0.4, -0.2) is 30.1 Å². The van der Waals surface area contributed by atoms with Crippen LogP contribution in [0.1, 0.15) is 18.1 Å². The first kappa shape index (κ1) is 22.9. The third-order valence-electron chi connectivity index (χ3n) is 5.08. The van der Waals surface area contributed by atoms with Gasteiger partial charge < -0.3 is 10.2 Å². The number of hydrogen-bond acceptors (Lipinski definition) is 3. The molecule has 1 aliphatic heterocycles. The predicted molar refractivity (Wildman–Crippen MR) is 125 cm³/mol. The summed E-state index contributed by atoms with van der Waals surface area (Å²) >= 11 is 12.0. The number of rotatable bonds is 4. The molecule has 0 unspecified atom stereocenters. The molecule has 1 N–H and O–H groups in total. The number of fused-ring (bicyclic) bond motifs is 1. The maximum atomic E-state index is 14.6. The van der Waals surface area contributed by atoms with Crippen LogP contribution in [0.3, 0.4) is 0 Å². The lowest BCUT2D eigenvalue weighted by Gasteiger charge is -2.24. The number of carbonyl (C=O) groups is 2. The van der Waals surface area contributed by atoms with Gasteiger partial charge in [0, 0.05) is 21.8 Å². The van der Waals surface area contributed by atoms with Gasteiger partial charge in [0.2, 0.25) is 5.91 Å². The highest BCUT2D eigenvalue weighted by atomic mass is 35.5. The van der Waals surface area contributed by atoms with Crippen LogP contribution in [0.25, 0.3) is 0 Å². The fraction of sp³-hybridized carbons (Fsp3) is 0.125. The molecular weight excluding hydrogens is 471 g/mol. The molecule has 1 aliphatic rings. The van der Waals surface area contributed by atoms with Crippen molar-refractivity contribution in [3.8, 4) is 0 Å². The summed E-state index contributed by atoms with van der Waals surface area (Å²) < 4.78 is 28.0. The zero-order valence-corrected chi connectivity index (χ0v) is 18.8. The van der Waals surface area contributed by atoms with Crippen LogP contribution in [0, 0.1) is 11.6 Å². The van der Waals surface area contributed by atoms with Crippen LogP contribution >= 0.6 is 23.2 Å². The molecule has 0 fully saturated rings. The Morgan fingerprint density at radius 1 is 1.03 bits per heavy atom. The zero-order chi connectivity index (χ0) is 23.7. The average Bonchev–Trinajstić information content (AvgIpc) is 2.87. The van der Waals surface area contributed by atoms with Gasteiger partial charge in [-0.1, -0.05) is 35.3 Å². The molecule has 3 aromatic rings. The SMILES string of the molecule is C[C@@H]1N=C(c2ccccc2F)c2cc(Cl)ccc2N(CC(=O)Nc2ccc(F)c(Cl)c2)C1=O. The largest absolute Gasteiger partial charge is 0.324 e. The molecule has 0 aromatic heterocycles. The minimum absolute atomic E-state index is 0.143. The number of amides is 2. The van der Waals surface area contributed by atoms with E-state index in [-0.39, 0.29) is 28.5 Å². The van der Waals surface area contributed by atoms with Gasteiger partial charge in [-0.15, -0.1) is 0 Å². The molecule has 3 aromatic carbocycles. The minimum atomic E-state index is -0.890. The maximum Gasteiger partial charge on any atom is 0.252 e. The molecule has 33 heavy (non-hydrogen) atoms. The van der Waals surface area contributed by atoms with E-state index in [2.05, 4.69) is 10.3 Å². The summed E-state index contributed by atoms with van der Waals surface area (Å²) in [5, 5.41) is 2.82. The first-order valence-electron chi connectivity index (χ1n) is 9.93. The summed E-state index contributed by atoms with van der Waals surface area (Å²) in [4.78, 5) is 31.7. The molecule has 0 bridgehead atoms. The molecule has 1 atom stereocenters. The van der Waals surface area contributed by atoms with E-state index in [0.717, 1.165) is 6.07 Å². The highest BCUT2D eigenvalue weighted by molar-refractivity contribution is 6.32. The van der Waals surface area contributed by atoms with Crippen LogP contribution in [0.2, 0.25) is 10.0 Å². The smallest absolute Gasteiger partial charge is 0.252 e. The second-order valence-corrected chi connectivity index (χ2v) is 8.24. The van der Waals surface area contributed by atoms with E-state index in [4.69, 9.17) is 23.2 Å². The molecule has 0 saturated carbocycles. The third-order valence-corrected chi connectivity index (χ3v) is 5.61. The van der Waals surface area contributed by atoms with Crippen LogP contribution in [0.4, 0.5) is 20.2 Å². The number of aliphatic imine (C=N–C) groups is 1. The molecule has 0 radical (unpaired) electrons. The quantitative estimate of drug-likeness (QED) is 0.529. The molecule has 0 saturated heterocycles. The molecule has 168 valence electrons. The third kappa shape index (κ3) is 4.74. The van der Waals surface area contributed by atoms with Crippen molar-refractivity contribution in [2.45, 2.75) is 13.0 Å². The van der Waals surface area contributed by atoms with Gasteiger partial charge in [-0.05, 0) is 55.5 Å². The van der Waals surface area contributed by atoms with Crippen LogP contribution in [0.5, 0.6) is 0 Å². The van der Waals surface area contributed by atoms with E-state index in [0.29, 0.717) is 16.3 Å². The van der Waals surface area contributed by atoms with E-state index in [1.807, 2.05) is 0 Å². The standard InChI is InChI=1S/C24H17Cl2F2N3O2/c1-13-24(33)31(12-22(32)30-15-7-8-20(28)18(26)11-15)21-9-6-14(25)10-17(21)23(29-13)16-4-2-3-5-19(16)27/h2-11,13H,12H2,1H3,(H,30,32)/t13-/m0/s1. The highest BCUT2D eigenvalue weighted by Gasteiger charge is 2.31. The topological polar surface area (TPSA) is 61.8 Å². The van der Waals surface area contributed by atoms with Gasteiger partial charge in [-0.25, -0.2) is 8.78 Å². The summed E-state index contributed by atoms with van der Waals surface area (Å²) in [6.45, 7) is 1.22. The van der Waals surface area contributed by atoms with Crippen molar-refractivity contribution in [1.82, 2.24) is 0 Å². The van der Waals surface area contributed by atoms with Gasteiger partial charge >= 0.3 is 0 Å². The van der Waals surface area contributed by atoms with Crippen LogP contribution < -0.4 is 10.2 Å². The van der Waals surface area contributed by atoms with Gasteiger partial charge in [-0.3, -0.25) is 14.6 Å². The monoisotopic (exact) mass is 487 g/mol. The summed E-state index contributed by atoms with van der Waals surface area (Å²) in [6, 6.07) is 13.7. The van der Waals surface area contributed by atoms with Crippen LogP contribution in [-0.2, 0) is 9.59 Å². The number of carbonyl (C=O) groups excluding carboxylic acids is 2. The van der Waals surface area contributed by atoms with E-state index in [1.54, 1.807) is 43.3 Å². The van der Waals surface area contributed by atoms with E-state index < -0.39 is 29.5 Å². The molecule has 5 nitrogen and oxygen atoms in total. The number of halogens is 4. The molecular formula is C24H17Cl2F2N3O2. The Kier molecular flexibility index (Phi) is 6.44. The lowest BCUT2D eigenvalue weighted by atomic mass is 9.99. The van der Waals surface area contributed by atoms with Crippen molar-refractivity contribution in [3.63, 3.8) is 0 Å². The van der Waals surface area contributed by atoms with E-state index in [1.165, 1.54) is 23.1 Å². The van der Waals surface area contributed by atoms with Crippen molar-refractivity contribution in [3.05, 3.63) is 93.5 Å². The molecule has 2 amide bonds. The molecule has 0 aliphatic carbocycles. The van der Waals surface area contributed by atoms with Gasteiger partial charge in [-0.2, -0.15) is 0 Å². The summed E-state index contributed by atoms with van der Waals surface area (Å²) in [6.07, 6.45) is 0. The van der Waals surface area contributed by atoms with Gasteiger partial charge in [0.25, 0.3) is 5.91 Å². The normalized spacial score (nSPS) is 15.5.